The van der Waals surface area contributed by atoms with Crippen LogP contribution in [0.15, 0.2) is 17.0 Å². The molecule has 1 saturated heterocycles. The summed E-state index contributed by atoms with van der Waals surface area (Å²) >= 11 is 12.0. The first-order valence-electron chi connectivity index (χ1n) is 6.50. The third kappa shape index (κ3) is 3.46. The zero-order chi connectivity index (χ0) is 14.9. The molecule has 2 atom stereocenters. The summed E-state index contributed by atoms with van der Waals surface area (Å²) in [5, 5.41) is 3.95. The Kier molecular flexibility index (Phi) is 4.97. The Labute approximate surface area is 129 Å². The van der Waals surface area contributed by atoms with E-state index in [1.807, 2.05) is 6.92 Å². The Bertz CT molecular complexity index is 581. The average molecular weight is 337 g/mol. The van der Waals surface area contributed by atoms with Gasteiger partial charge < -0.3 is 5.32 Å². The molecule has 1 aliphatic heterocycles. The minimum atomic E-state index is -3.60. The van der Waals surface area contributed by atoms with Crippen LogP contribution in [-0.4, -0.2) is 27.5 Å². The van der Waals surface area contributed by atoms with Crippen molar-refractivity contribution in [3.63, 3.8) is 0 Å². The van der Waals surface area contributed by atoms with Crippen LogP contribution in [0, 0.1) is 12.8 Å². The molecule has 1 fully saturated rings. The van der Waals surface area contributed by atoms with E-state index < -0.39 is 10.0 Å². The first-order valence-corrected chi connectivity index (χ1v) is 8.74. The highest BCUT2D eigenvalue weighted by atomic mass is 35.5. The molecule has 2 rings (SSSR count). The van der Waals surface area contributed by atoms with Crippen molar-refractivity contribution in [1.29, 1.82) is 0 Å². The summed E-state index contributed by atoms with van der Waals surface area (Å²) in [6.07, 6.45) is 0.772. The van der Waals surface area contributed by atoms with Gasteiger partial charge in [0.25, 0.3) is 0 Å². The first-order chi connectivity index (χ1) is 9.31. The van der Waals surface area contributed by atoms with Crippen molar-refractivity contribution in [2.24, 2.45) is 5.92 Å². The van der Waals surface area contributed by atoms with Crippen LogP contribution >= 0.6 is 23.2 Å². The van der Waals surface area contributed by atoms with Gasteiger partial charge in [-0.15, -0.1) is 0 Å². The lowest BCUT2D eigenvalue weighted by molar-refractivity contribution is 0.328. The second-order valence-electron chi connectivity index (χ2n) is 5.21. The molecule has 1 heterocycles. The summed E-state index contributed by atoms with van der Waals surface area (Å²) in [6.45, 7) is 5.40. The molecule has 1 aromatic carbocycles. The molecular formula is C13H18Cl2N2O2S. The van der Waals surface area contributed by atoms with Gasteiger partial charge in [0, 0.05) is 16.1 Å². The zero-order valence-corrected chi connectivity index (χ0v) is 13.7. The molecule has 20 heavy (non-hydrogen) atoms. The van der Waals surface area contributed by atoms with E-state index in [0.29, 0.717) is 15.6 Å². The van der Waals surface area contributed by atoms with Crippen molar-refractivity contribution in [2.45, 2.75) is 31.2 Å². The van der Waals surface area contributed by atoms with Gasteiger partial charge in [-0.2, -0.15) is 0 Å². The maximum Gasteiger partial charge on any atom is 0.240 e. The number of halogens is 2. The molecule has 0 aliphatic carbocycles. The topological polar surface area (TPSA) is 58.2 Å². The van der Waals surface area contributed by atoms with Crippen molar-refractivity contribution < 1.29 is 8.42 Å². The summed E-state index contributed by atoms with van der Waals surface area (Å²) in [5.41, 5.74) is 0.683. The Morgan fingerprint density at radius 2 is 1.90 bits per heavy atom. The molecule has 0 spiro atoms. The van der Waals surface area contributed by atoms with Crippen LogP contribution in [0.4, 0.5) is 0 Å². The molecule has 0 saturated carbocycles. The number of hydrogen-bond donors (Lipinski definition) is 2. The van der Waals surface area contributed by atoms with Crippen LogP contribution in [0.5, 0.6) is 0 Å². The van der Waals surface area contributed by atoms with E-state index in [0.717, 1.165) is 19.5 Å². The van der Waals surface area contributed by atoms with Crippen LogP contribution < -0.4 is 10.0 Å². The van der Waals surface area contributed by atoms with Crippen molar-refractivity contribution in [3.8, 4) is 0 Å². The molecule has 4 nitrogen and oxygen atoms in total. The largest absolute Gasteiger partial charge is 0.316 e. The number of nitrogens with one attached hydrogen (secondary N) is 2. The third-order valence-corrected chi connectivity index (χ3v) is 5.91. The second kappa shape index (κ2) is 6.20. The van der Waals surface area contributed by atoms with Crippen molar-refractivity contribution in [1.82, 2.24) is 10.0 Å². The van der Waals surface area contributed by atoms with Gasteiger partial charge in [0.05, 0.1) is 4.90 Å². The van der Waals surface area contributed by atoms with E-state index in [1.165, 1.54) is 12.1 Å². The van der Waals surface area contributed by atoms with Gasteiger partial charge in [-0.05, 0) is 50.0 Å². The molecule has 112 valence electrons. The first kappa shape index (κ1) is 16.0. The van der Waals surface area contributed by atoms with Crippen LogP contribution in [0.1, 0.15) is 18.9 Å². The van der Waals surface area contributed by atoms with Crippen LogP contribution in [0.2, 0.25) is 10.0 Å². The highest BCUT2D eigenvalue weighted by molar-refractivity contribution is 7.89. The smallest absolute Gasteiger partial charge is 0.240 e. The van der Waals surface area contributed by atoms with Crippen molar-refractivity contribution >= 4 is 33.2 Å². The Morgan fingerprint density at radius 1 is 1.30 bits per heavy atom. The molecule has 7 heteroatoms. The van der Waals surface area contributed by atoms with E-state index in [9.17, 15) is 8.42 Å². The highest BCUT2D eigenvalue weighted by Gasteiger charge is 2.27. The maximum absolute atomic E-state index is 12.4. The van der Waals surface area contributed by atoms with Crippen LogP contribution in [0.25, 0.3) is 0 Å². The van der Waals surface area contributed by atoms with Crippen LogP contribution in [-0.2, 0) is 10.0 Å². The highest BCUT2D eigenvalue weighted by Crippen LogP contribution is 2.28. The van der Waals surface area contributed by atoms with Gasteiger partial charge in [-0.1, -0.05) is 30.1 Å². The minimum absolute atomic E-state index is 0.0693. The molecule has 1 aromatic rings. The quantitative estimate of drug-likeness (QED) is 0.891. The van der Waals surface area contributed by atoms with E-state index in [2.05, 4.69) is 10.0 Å². The second-order valence-corrected chi connectivity index (χ2v) is 7.74. The molecular weight excluding hydrogens is 319 g/mol. The Morgan fingerprint density at radius 3 is 2.45 bits per heavy atom. The average Bonchev–Trinajstić information content (AvgIpc) is 2.38. The Balaban J connectivity index is 2.26. The van der Waals surface area contributed by atoms with Gasteiger partial charge in [0.1, 0.15) is 0 Å². The van der Waals surface area contributed by atoms with Gasteiger partial charge in [0.2, 0.25) is 10.0 Å². The molecule has 0 bridgehead atoms. The van der Waals surface area contributed by atoms with Gasteiger partial charge >= 0.3 is 0 Å². The monoisotopic (exact) mass is 336 g/mol. The van der Waals surface area contributed by atoms with E-state index in [1.54, 1.807) is 6.92 Å². The summed E-state index contributed by atoms with van der Waals surface area (Å²) in [7, 11) is -3.60. The normalized spacial score (nSPS) is 23.8. The summed E-state index contributed by atoms with van der Waals surface area (Å²) in [6, 6.07) is 2.81. The van der Waals surface area contributed by atoms with Gasteiger partial charge in [-0.3, -0.25) is 0 Å². The third-order valence-electron chi connectivity index (χ3n) is 3.66. The molecule has 0 aromatic heterocycles. The molecule has 2 N–H and O–H groups in total. The predicted octanol–water partition coefficient (Wildman–Crippen LogP) is 2.58. The summed E-state index contributed by atoms with van der Waals surface area (Å²) < 4.78 is 27.6. The zero-order valence-electron chi connectivity index (χ0n) is 11.4. The van der Waals surface area contributed by atoms with Crippen molar-refractivity contribution in [2.75, 3.05) is 13.1 Å². The fourth-order valence-electron chi connectivity index (χ4n) is 2.23. The minimum Gasteiger partial charge on any atom is -0.316 e. The molecule has 0 radical (unpaired) electrons. The number of benzene rings is 1. The molecule has 2 unspecified atom stereocenters. The number of piperidine rings is 1. The number of rotatable bonds is 3. The van der Waals surface area contributed by atoms with E-state index in [4.69, 9.17) is 23.2 Å². The fourth-order valence-corrected chi connectivity index (χ4v) is 4.28. The Hall–Kier alpha value is -0.330. The standard InChI is InChI=1S/C13H18Cl2N2O2S/c1-8-7-16-4-3-13(8)17-20(18,19)10-5-11(14)9(2)12(15)6-10/h5-6,8,13,16-17H,3-4,7H2,1-2H3. The lowest BCUT2D eigenvalue weighted by Crippen LogP contribution is -2.48. The predicted molar refractivity (Wildman–Crippen MR) is 82.0 cm³/mol. The fraction of sp³-hybridized carbons (Fsp3) is 0.538. The van der Waals surface area contributed by atoms with Crippen LogP contribution in [0.3, 0.4) is 0 Å². The maximum atomic E-state index is 12.4. The van der Waals surface area contributed by atoms with E-state index in [-0.39, 0.29) is 16.9 Å². The number of sulfonamides is 1. The molecule has 0 amide bonds. The van der Waals surface area contributed by atoms with Gasteiger partial charge in [-0.25, -0.2) is 13.1 Å². The van der Waals surface area contributed by atoms with Gasteiger partial charge in [0.15, 0.2) is 0 Å². The van der Waals surface area contributed by atoms with E-state index >= 15 is 0 Å². The summed E-state index contributed by atoms with van der Waals surface area (Å²) in [4.78, 5) is 0.115. The number of hydrogen-bond acceptors (Lipinski definition) is 3. The molecule has 1 aliphatic rings. The SMILES string of the molecule is Cc1c(Cl)cc(S(=O)(=O)NC2CCNCC2C)cc1Cl. The summed E-state index contributed by atoms with van der Waals surface area (Å²) in [5.74, 6) is 0.245. The van der Waals surface area contributed by atoms with Crippen molar-refractivity contribution in [3.05, 3.63) is 27.7 Å². The lowest BCUT2D eigenvalue weighted by atomic mass is 9.97. The lowest BCUT2D eigenvalue weighted by Gasteiger charge is -2.30.